The maximum Gasteiger partial charge on any atom is 0.253 e. The van der Waals surface area contributed by atoms with E-state index in [1.54, 1.807) is 30.5 Å². The summed E-state index contributed by atoms with van der Waals surface area (Å²) in [6, 6.07) is 9.82. The van der Waals surface area contributed by atoms with E-state index in [-0.39, 0.29) is 11.9 Å². The number of carbonyl (C=O) groups excluding carboxylic acids is 1. The van der Waals surface area contributed by atoms with Crippen molar-refractivity contribution in [3.05, 3.63) is 46.2 Å². The molecule has 0 aliphatic heterocycles. The minimum absolute atomic E-state index is 0.0955. The third-order valence-corrected chi connectivity index (χ3v) is 4.19. The van der Waals surface area contributed by atoms with Gasteiger partial charge in [-0.1, -0.05) is 6.07 Å². The minimum atomic E-state index is -0.0955. The van der Waals surface area contributed by atoms with Crippen LogP contribution in [0.2, 0.25) is 0 Å². The smallest absolute Gasteiger partial charge is 0.253 e. The van der Waals surface area contributed by atoms with Gasteiger partial charge in [0.15, 0.2) is 0 Å². The molecule has 0 unspecified atom stereocenters. The van der Waals surface area contributed by atoms with Crippen molar-refractivity contribution < 1.29 is 4.79 Å². The van der Waals surface area contributed by atoms with Crippen molar-refractivity contribution >= 4 is 28.6 Å². The van der Waals surface area contributed by atoms with E-state index in [1.165, 1.54) is 4.88 Å². The molecular weight excluding hydrogens is 282 g/mol. The number of amides is 1. The largest absolute Gasteiger partial charge is 0.399 e. The van der Waals surface area contributed by atoms with Gasteiger partial charge in [-0.15, -0.1) is 11.3 Å². The summed E-state index contributed by atoms with van der Waals surface area (Å²) in [5.74, 6) is -0.0955. The van der Waals surface area contributed by atoms with E-state index >= 15 is 0 Å². The Kier molecular flexibility index (Phi) is 4.85. The van der Waals surface area contributed by atoms with Gasteiger partial charge in [0, 0.05) is 23.7 Å². The van der Waals surface area contributed by atoms with Gasteiger partial charge in [0.25, 0.3) is 5.91 Å². The zero-order valence-corrected chi connectivity index (χ0v) is 13.4. The van der Waals surface area contributed by atoms with Gasteiger partial charge in [0.2, 0.25) is 0 Å². The number of rotatable bonds is 5. The Morgan fingerprint density at radius 1 is 1.38 bits per heavy atom. The summed E-state index contributed by atoms with van der Waals surface area (Å²) in [6.07, 6.45) is 0. The zero-order chi connectivity index (χ0) is 15.4. The average Bonchev–Trinajstić information content (AvgIpc) is 2.96. The monoisotopic (exact) mass is 303 g/mol. The Balaban J connectivity index is 2.43. The zero-order valence-electron chi connectivity index (χ0n) is 12.6. The molecule has 1 amide bonds. The second-order valence-electron chi connectivity index (χ2n) is 5.16. The van der Waals surface area contributed by atoms with Gasteiger partial charge in [-0.25, -0.2) is 0 Å². The fourth-order valence-corrected chi connectivity index (χ4v) is 2.93. The molecule has 0 aliphatic carbocycles. The lowest BCUT2D eigenvalue weighted by Gasteiger charge is -2.30. The Hall–Kier alpha value is -2.01. The lowest BCUT2D eigenvalue weighted by atomic mass is 10.1. The van der Waals surface area contributed by atoms with Crippen molar-refractivity contribution in [1.29, 1.82) is 0 Å². The first kappa shape index (κ1) is 15.4. The SMILES string of the molecule is CNC(=O)c1ccc(N)cc1N(Cc1cccs1)C(C)C. The predicted molar refractivity (Wildman–Crippen MR) is 89.9 cm³/mol. The van der Waals surface area contributed by atoms with Crippen LogP contribution in [0, 0.1) is 0 Å². The Bertz CT molecular complexity index is 608. The maximum atomic E-state index is 12.1. The third-order valence-electron chi connectivity index (χ3n) is 3.33. The van der Waals surface area contributed by atoms with Crippen molar-refractivity contribution in [1.82, 2.24) is 5.32 Å². The number of thiophene rings is 1. The van der Waals surface area contributed by atoms with Crippen LogP contribution in [0.25, 0.3) is 0 Å². The van der Waals surface area contributed by atoms with Gasteiger partial charge in [0.1, 0.15) is 0 Å². The molecule has 21 heavy (non-hydrogen) atoms. The molecule has 2 aromatic rings. The first-order chi connectivity index (χ1) is 10.0. The standard InChI is InChI=1S/C16H21N3OS/c1-11(2)19(10-13-5-4-8-21-13)15-9-12(17)6-7-14(15)16(20)18-3/h4-9,11H,10,17H2,1-3H3,(H,18,20). The molecule has 4 nitrogen and oxygen atoms in total. The quantitative estimate of drug-likeness (QED) is 0.834. The van der Waals surface area contributed by atoms with Crippen LogP contribution in [0.3, 0.4) is 0 Å². The molecule has 0 saturated heterocycles. The third kappa shape index (κ3) is 3.55. The van der Waals surface area contributed by atoms with Gasteiger partial charge in [-0.3, -0.25) is 4.79 Å². The van der Waals surface area contributed by atoms with E-state index in [0.717, 1.165) is 12.2 Å². The molecule has 1 heterocycles. The summed E-state index contributed by atoms with van der Waals surface area (Å²) >= 11 is 1.71. The predicted octanol–water partition coefficient (Wildman–Crippen LogP) is 3.10. The Morgan fingerprint density at radius 3 is 2.71 bits per heavy atom. The van der Waals surface area contributed by atoms with E-state index in [9.17, 15) is 4.79 Å². The van der Waals surface area contributed by atoms with Gasteiger partial charge < -0.3 is 16.0 Å². The number of hydrogen-bond acceptors (Lipinski definition) is 4. The first-order valence-electron chi connectivity index (χ1n) is 6.93. The molecular formula is C16H21N3OS. The molecule has 3 N–H and O–H groups in total. The highest BCUT2D eigenvalue weighted by molar-refractivity contribution is 7.09. The van der Waals surface area contributed by atoms with Gasteiger partial charge >= 0.3 is 0 Å². The highest BCUT2D eigenvalue weighted by Crippen LogP contribution is 2.28. The molecule has 0 radical (unpaired) electrons. The summed E-state index contributed by atoms with van der Waals surface area (Å²) < 4.78 is 0. The number of anilines is 2. The molecule has 1 aromatic carbocycles. The van der Waals surface area contributed by atoms with E-state index in [1.807, 2.05) is 12.1 Å². The summed E-state index contributed by atoms with van der Waals surface area (Å²) in [5, 5.41) is 4.75. The topological polar surface area (TPSA) is 58.4 Å². The highest BCUT2D eigenvalue weighted by Gasteiger charge is 2.19. The number of benzene rings is 1. The van der Waals surface area contributed by atoms with E-state index < -0.39 is 0 Å². The molecule has 1 aromatic heterocycles. The second-order valence-corrected chi connectivity index (χ2v) is 6.19. The van der Waals surface area contributed by atoms with Crippen molar-refractivity contribution in [3.8, 4) is 0 Å². The fraction of sp³-hybridized carbons (Fsp3) is 0.312. The lowest BCUT2D eigenvalue weighted by Crippen LogP contribution is -2.32. The number of carbonyl (C=O) groups is 1. The van der Waals surface area contributed by atoms with Crippen molar-refractivity contribution in [2.75, 3.05) is 17.7 Å². The van der Waals surface area contributed by atoms with Crippen molar-refractivity contribution in [2.24, 2.45) is 0 Å². The summed E-state index contributed by atoms with van der Waals surface area (Å²) in [4.78, 5) is 15.6. The van der Waals surface area contributed by atoms with Gasteiger partial charge in [0.05, 0.1) is 17.8 Å². The summed E-state index contributed by atoms with van der Waals surface area (Å²) in [5.41, 5.74) is 8.11. The van der Waals surface area contributed by atoms with Crippen LogP contribution < -0.4 is 16.0 Å². The van der Waals surface area contributed by atoms with Gasteiger partial charge in [-0.2, -0.15) is 0 Å². The summed E-state index contributed by atoms with van der Waals surface area (Å²) in [7, 11) is 1.64. The number of hydrogen-bond donors (Lipinski definition) is 2. The molecule has 5 heteroatoms. The molecule has 0 bridgehead atoms. The van der Waals surface area contributed by atoms with Crippen LogP contribution in [-0.4, -0.2) is 19.0 Å². The van der Waals surface area contributed by atoms with E-state index in [4.69, 9.17) is 5.73 Å². The van der Waals surface area contributed by atoms with Crippen LogP contribution in [0.5, 0.6) is 0 Å². The Morgan fingerprint density at radius 2 is 2.14 bits per heavy atom. The van der Waals surface area contributed by atoms with Crippen LogP contribution in [0.1, 0.15) is 29.1 Å². The second kappa shape index (κ2) is 6.63. The van der Waals surface area contributed by atoms with E-state index in [0.29, 0.717) is 11.3 Å². The molecule has 0 fully saturated rings. The maximum absolute atomic E-state index is 12.1. The highest BCUT2D eigenvalue weighted by atomic mass is 32.1. The Labute approximate surface area is 129 Å². The normalized spacial score (nSPS) is 10.7. The van der Waals surface area contributed by atoms with Crippen molar-refractivity contribution in [2.45, 2.75) is 26.4 Å². The first-order valence-corrected chi connectivity index (χ1v) is 7.81. The molecule has 2 rings (SSSR count). The number of nitrogens with one attached hydrogen (secondary N) is 1. The van der Waals surface area contributed by atoms with E-state index in [2.05, 4.69) is 35.5 Å². The molecule has 0 saturated carbocycles. The molecule has 0 spiro atoms. The molecule has 0 aliphatic rings. The summed E-state index contributed by atoms with van der Waals surface area (Å²) in [6.45, 7) is 5.00. The lowest BCUT2D eigenvalue weighted by molar-refractivity contribution is 0.0963. The van der Waals surface area contributed by atoms with Crippen LogP contribution in [-0.2, 0) is 6.54 Å². The van der Waals surface area contributed by atoms with Crippen LogP contribution in [0.4, 0.5) is 11.4 Å². The van der Waals surface area contributed by atoms with Gasteiger partial charge in [-0.05, 0) is 43.5 Å². The van der Waals surface area contributed by atoms with Crippen molar-refractivity contribution in [3.63, 3.8) is 0 Å². The average molecular weight is 303 g/mol. The minimum Gasteiger partial charge on any atom is -0.399 e. The fourth-order valence-electron chi connectivity index (χ4n) is 2.23. The van der Waals surface area contributed by atoms with Crippen LogP contribution in [0.15, 0.2) is 35.7 Å². The molecule has 0 atom stereocenters. The number of nitrogens with zero attached hydrogens (tertiary/aromatic N) is 1. The van der Waals surface area contributed by atoms with Crippen LogP contribution >= 0.6 is 11.3 Å². The molecule has 112 valence electrons. The number of nitrogen functional groups attached to an aromatic ring is 1. The number of nitrogens with two attached hydrogens (primary N) is 1.